The van der Waals surface area contributed by atoms with Crippen LogP contribution in [0.5, 0.6) is 0 Å². The van der Waals surface area contributed by atoms with E-state index in [2.05, 4.69) is 140 Å². The molecular weight excluding hydrogens is 705 g/mol. The van der Waals surface area contributed by atoms with Crippen LogP contribution >= 0.6 is 11.3 Å². The zero-order valence-corrected chi connectivity index (χ0v) is 30.7. The molecule has 262 valence electrons. The van der Waals surface area contributed by atoms with Crippen LogP contribution in [0.2, 0.25) is 0 Å². The minimum Gasteiger partial charge on any atom is -0.456 e. The van der Waals surface area contributed by atoms with Crippen LogP contribution in [-0.4, -0.2) is 19.9 Å². The molecule has 3 heterocycles. The molecule has 0 bridgehead atoms. The zero-order valence-electron chi connectivity index (χ0n) is 29.9. The average Bonchev–Trinajstić information content (AvgIpc) is 3.86. The van der Waals surface area contributed by atoms with E-state index >= 15 is 0 Å². The molecule has 0 amide bonds. The third kappa shape index (κ3) is 5.63. The van der Waals surface area contributed by atoms with Gasteiger partial charge in [-0.2, -0.15) is 0 Å². The first-order valence-electron chi connectivity index (χ1n) is 18.5. The van der Waals surface area contributed by atoms with E-state index in [1.165, 1.54) is 0 Å². The maximum Gasteiger partial charge on any atom is 0.164 e. The van der Waals surface area contributed by atoms with E-state index in [0.717, 1.165) is 92.4 Å². The van der Waals surface area contributed by atoms with E-state index in [9.17, 15) is 0 Å². The molecule has 8 aromatic carbocycles. The molecule has 5 nitrogen and oxygen atoms in total. The molecular formula is C50H30N4OS. The van der Waals surface area contributed by atoms with Crippen LogP contribution in [0.15, 0.2) is 186 Å². The molecule has 0 aliphatic heterocycles. The number of hydrogen-bond acceptors (Lipinski definition) is 6. The van der Waals surface area contributed by atoms with E-state index in [0.29, 0.717) is 17.5 Å². The molecule has 0 atom stereocenters. The van der Waals surface area contributed by atoms with Gasteiger partial charge in [-0.1, -0.05) is 152 Å². The summed E-state index contributed by atoms with van der Waals surface area (Å²) >= 11 is 1.71. The van der Waals surface area contributed by atoms with Gasteiger partial charge >= 0.3 is 0 Å². The molecule has 0 radical (unpaired) electrons. The van der Waals surface area contributed by atoms with Crippen molar-refractivity contribution in [1.82, 2.24) is 19.9 Å². The Morgan fingerprint density at radius 1 is 0.375 bits per heavy atom. The van der Waals surface area contributed by atoms with E-state index in [-0.39, 0.29) is 0 Å². The summed E-state index contributed by atoms with van der Waals surface area (Å²) in [4.78, 5) is 20.1. The van der Waals surface area contributed by atoms with Crippen molar-refractivity contribution in [3.63, 3.8) is 0 Å². The maximum absolute atomic E-state index is 6.50. The third-order valence-electron chi connectivity index (χ3n) is 10.4. The number of hydrogen-bond donors (Lipinski definition) is 0. The van der Waals surface area contributed by atoms with Gasteiger partial charge in [0.2, 0.25) is 0 Å². The van der Waals surface area contributed by atoms with Gasteiger partial charge in [-0.25, -0.2) is 19.9 Å². The monoisotopic (exact) mass is 734 g/mol. The Morgan fingerprint density at radius 2 is 0.982 bits per heavy atom. The lowest BCUT2D eigenvalue weighted by Gasteiger charge is -2.12. The Morgan fingerprint density at radius 3 is 1.75 bits per heavy atom. The van der Waals surface area contributed by atoms with E-state index in [4.69, 9.17) is 24.4 Å². The molecule has 0 spiro atoms. The van der Waals surface area contributed by atoms with Gasteiger partial charge in [-0.05, 0) is 57.3 Å². The summed E-state index contributed by atoms with van der Waals surface area (Å²) in [6.07, 6.45) is 0. The lowest BCUT2D eigenvalue weighted by Crippen LogP contribution is -2.00. The quantitative estimate of drug-likeness (QED) is 0.170. The number of furan rings is 1. The minimum atomic E-state index is 0.623. The molecule has 0 saturated carbocycles. The molecule has 11 aromatic rings. The molecule has 0 unspecified atom stereocenters. The molecule has 0 aliphatic carbocycles. The predicted octanol–water partition coefficient (Wildman–Crippen LogP) is 13.5. The van der Waals surface area contributed by atoms with Gasteiger partial charge in [0.05, 0.1) is 10.2 Å². The SMILES string of the molecule is c1ccc(-c2cccc(-c3nc(-c4ccccc4)nc(-c4ccc5c(-c6cccc7oc8cc9nc(-c%10ccccc%10)sc9cc8c67)cccc5c4)n3)c2)cc1. The van der Waals surface area contributed by atoms with Crippen molar-refractivity contribution in [3.05, 3.63) is 182 Å². The molecule has 3 aromatic heterocycles. The highest BCUT2D eigenvalue weighted by Crippen LogP contribution is 2.42. The molecule has 0 fully saturated rings. The first-order chi connectivity index (χ1) is 27.7. The first-order valence-corrected chi connectivity index (χ1v) is 19.4. The standard InChI is InChI=1S/C50H30N4OS/c1-4-13-31(14-5-1)34-19-10-21-36(27-34)48-52-47(32-15-6-2-7-16-32)53-49(54-48)37-25-26-38-35(28-37)20-11-22-39(38)40-23-12-24-43-46(40)41-29-45-42(30-44(41)55-43)51-50(56-45)33-17-8-3-9-18-33/h1-30H. The normalized spacial score (nSPS) is 11.6. The summed E-state index contributed by atoms with van der Waals surface area (Å²) < 4.78 is 7.63. The molecule has 0 saturated heterocycles. The second-order valence-corrected chi connectivity index (χ2v) is 14.9. The second kappa shape index (κ2) is 13.2. The number of nitrogens with zero attached hydrogens (tertiary/aromatic N) is 4. The summed E-state index contributed by atoms with van der Waals surface area (Å²) in [6.45, 7) is 0. The highest BCUT2D eigenvalue weighted by molar-refractivity contribution is 7.21. The predicted molar refractivity (Wildman–Crippen MR) is 230 cm³/mol. The highest BCUT2D eigenvalue weighted by Gasteiger charge is 2.18. The second-order valence-electron chi connectivity index (χ2n) is 13.8. The maximum atomic E-state index is 6.50. The number of aromatic nitrogens is 4. The third-order valence-corrected chi connectivity index (χ3v) is 11.4. The summed E-state index contributed by atoms with van der Waals surface area (Å²) in [7, 11) is 0. The van der Waals surface area contributed by atoms with Crippen LogP contribution in [0.25, 0.3) is 110 Å². The molecule has 6 heteroatoms. The van der Waals surface area contributed by atoms with Gasteiger partial charge in [0, 0.05) is 39.1 Å². The lowest BCUT2D eigenvalue weighted by molar-refractivity contribution is 0.669. The Kier molecular flexibility index (Phi) is 7.60. The summed E-state index contributed by atoms with van der Waals surface area (Å²) in [5.41, 5.74) is 11.1. The van der Waals surface area contributed by atoms with Crippen molar-refractivity contribution >= 4 is 54.3 Å². The van der Waals surface area contributed by atoms with E-state index < -0.39 is 0 Å². The Labute approximate surface area is 326 Å². The van der Waals surface area contributed by atoms with Gasteiger partial charge < -0.3 is 4.42 Å². The molecule has 56 heavy (non-hydrogen) atoms. The summed E-state index contributed by atoms with van der Waals surface area (Å²) in [5.74, 6) is 1.89. The van der Waals surface area contributed by atoms with Crippen molar-refractivity contribution in [2.24, 2.45) is 0 Å². The fourth-order valence-electron chi connectivity index (χ4n) is 7.65. The van der Waals surface area contributed by atoms with Crippen LogP contribution in [-0.2, 0) is 0 Å². The van der Waals surface area contributed by atoms with Crippen molar-refractivity contribution in [3.8, 4) is 67.0 Å². The van der Waals surface area contributed by atoms with Crippen LogP contribution in [0.3, 0.4) is 0 Å². The topological polar surface area (TPSA) is 64.7 Å². The van der Waals surface area contributed by atoms with Gasteiger partial charge in [-0.3, -0.25) is 0 Å². The van der Waals surface area contributed by atoms with E-state index in [1.54, 1.807) is 11.3 Å². The summed E-state index contributed by atoms with van der Waals surface area (Å²) in [6, 6.07) is 62.9. The van der Waals surface area contributed by atoms with Gasteiger partial charge in [0.15, 0.2) is 17.5 Å². The molecule has 0 aliphatic rings. The van der Waals surface area contributed by atoms with Crippen molar-refractivity contribution < 1.29 is 4.42 Å². The number of thiazole rings is 1. The Hall–Kier alpha value is -7.28. The fraction of sp³-hybridized carbons (Fsp3) is 0. The minimum absolute atomic E-state index is 0.623. The van der Waals surface area contributed by atoms with Crippen molar-refractivity contribution in [2.75, 3.05) is 0 Å². The Bertz CT molecular complexity index is 3250. The van der Waals surface area contributed by atoms with Gasteiger partial charge in [-0.15, -0.1) is 11.3 Å². The number of fused-ring (bicyclic) bond motifs is 5. The van der Waals surface area contributed by atoms with Crippen LogP contribution < -0.4 is 0 Å². The van der Waals surface area contributed by atoms with Gasteiger partial charge in [0.25, 0.3) is 0 Å². The zero-order chi connectivity index (χ0) is 37.0. The largest absolute Gasteiger partial charge is 0.456 e. The average molecular weight is 735 g/mol. The van der Waals surface area contributed by atoms with Crippen molar-refractivity contribution in [1.29, 1.82) is 0 Å². The van der Waals surface area contributed by atoms with Crippen LogP contribution in [0, 0.1) is 0 Å². The highest BCUT2D eigenvalue weighted by atomic mass is 32.1. The molecule has 11 rings (SSSR count). The van der Waals surface area contributed by atoms with Crippen molar-refractivity contribution in [2.45, 2.75) is 0 Å². The van der Waals surface area contributed by atoms with Crippen LogP contribution in [0.1, 0.15) is 0 Å². The van der Waals surface area contributed by atoms with Gasteiger partial charge in [0.1, 0.15) is 16.2 Å². The van der Waals surface area contributed by atoms with E-state index in [1.807, 2.05) is 42.5 Å². The molecule has 0 N–H and O–H groups in total. The number of benzene rings is 8. The number of rotatable bonds is 6. The Balaban J connectivity index is 1.03. The summed E-state index contributed by atoms with van der Waals surface area (Å²) in [5, 5.41) is 5.42. The lowest BCUT2D eigenvalue weighted by atomic mass is 9.94. The first kappa shape index (κ1) is 32.2. The smallest absolute Gasteiger partial charge is 0.164 e. The van der Waals surface area contributed by atoms with Crippen LogP contribution in [0.4, 0.5) is 0 Å². The fourth-order valence-corrected chi connectivity index (χ4v) is 8.64.